The molecule has 1 aliphatic rings. The fourth-order valence-corrected chi connectivity index (χ4v) is 5.17. The number of nitrogens with one attached hydrogen (secondary N) is 1. The average Bonchev–Trinajstić information content (AvgIpc) is 3.31. The van der Waals surface area contributed by atoms with Crippen molar-refractivity contribution in [1.82, 2.24) is 18.8 Å². The molecule has 0 fully saturated rings. The summed E-state index contributed by atoms with van der Waals surface area (Å²) in [6.07, 6.45) is -4.56. The molecule has 0 radical (unpaired) electrons. The number of nitrogens with zero attached hydrogens (tertiary/aromatic N) is 4. The molecule has 2 N–H and O–H groups in total. The molecule has 3 rings (SSSR count). The van der Waals surface area contributed by atoms with E-state index in [1.807, 2.05) is 0 Å². The van der Waals surface area contributed by atoms with E-state index in [0.29, 0.717) is 0 Å². The Bertz CT molecular complexity index is 1300. The zero-order valence-corrected chi connectivity index (χ0v) is 22.8. The van der Waals surface area contributed by atoms with Gasteiger partial charge in [0.25, 0.3) is 15.9 Å². The van der Waals surface area contributed by atoms with Gasteiger partial charge in [0.15, 0.2) is 5.03 Å². The minimum absolute atomic E-state index is 0.0102. The number of aryl methyl sites for hydroxylation is 1. The third-order valence-electron chi connectivity index (χ3n) is 6.38. The number of aliphatic hydroxyl groups is 1. The van der Waals surface area contributed by atoms with Crippen LogP contribution in [0.2, 0.25) is 0 Å². The highest BCUT2D eigenvalue weighted by atomic mass is 32.2. The Balaban J connectivity index is 1.91. The highest BCUT2D eigenvalue weighted by Gasteiger charge is 2.36. The summed E-state index contributed by atoms with van der Waals surface area (Å²) >= 11 is 0. The molecule has 1 aromatic carbocycles. The number of benzene rings is 1. The summed E-state index contributed by atoms with van der Waals surface area (Å²) in [4.78, 5) is 30.8. The Labute approximate surface area is 224 Å². The maximum absolute atomic E-state index is 13.5. The second-order valence-corrected chi connectivity index (χ2v) is 11.7. The standard InChI is InChI=1S/C24H32F3N5O6S/c1-15-10-32(16(2)13-33)23(35)18-9-17(29-21(34)7-8-24(25,26)27)5-6-19(18)38-20(15)11-31(4)39(36,37)22-12-30(3)14-28-22/h5-6,9,12,14-16,20,33H,7-8,10-11,13H2,1-4H3,(H,29,34)/t15-,16-,20+/m1/s1. The van der Waals surface area contributed by atoms with E-state index in [1.165, 1.54) is 47.2 Å². The lowest BCUT2D eigenvalue weighted by Crippen LogP contribution is -2.50. The molecule has 0 saturated carbocycles. The normalized spacial score (nSPS) is 19.2. The van der Waals surface area contributed by atoms with Crippen LogP contribution in [-0.2, 0) is 21.9 Å². The molecule has 0 saturated heterocycles. The highest BCUT2D eigenvalue weighted by Crippen LogP contribution is 2.31. The molecule has 1 aromatic heterocycles. The number of hydrogen-bond donors (Lipinski definition) is 2. The number of fused-ring (bicyclic) bond motifs is 1. The molecule has 0 unspecified atom stereocenters. The van der Waals surface area contributed by atoms with E-state index in [2.05, 4.69) is 10.3 Å². The van der Waals surface area contributed by atoms with Crippen LogP contribution in [0.25, 0.3) is 0 Å². The number of imidazole rings is 1. The van der Waals surface area contributed by atoms with E-state index in [4.69, 9.17) is 4.74 Å². The predicted molar refractivity (Wildman–Crippen MR) is 135 cm³/mol. The van der Waals surface area contributed by atoms with Crippen molar-refractivity contribution in [2.24, 2.45) is 13.0 Å². The Kier molecular flexibility index (Phi) is 9.28. The number of carbonyl (C=O) groups is 2. The largest absolute Gasteiger partial charge is 0.488 e. The third kappa shape index (κ3) is 7.48. The monoisotopic (exact) mass is 575 g/mol. The number of hydrogen-bond acceptors (Lipinski definition) is 7. The van der Waals surface area contributed by atoms with Gasteiger partial charge in [0.1, 0.15) is 11.9 Å². The molecule has 0 spiro atoms. The van der Waals surface area contributed by atoms with Crippen molar-refractivity contribution in [3.63, 3.8) is 0 Å². The molecule has 0 aliphatic carbocycles. The Hall–Kier alpha value is -3.17. The van der Waals surface area contributed by atoms with Crippen LogP contribution < -0.4 is 10.1 Å². The quantitative estimate of drug-likeness (QED) is 0.469. The number of aliphatic hydroxyl groups excluding tert-OH is 1. The summed E-state index contributed by atoms with van der Waals surface area (Å²) in [5, 5.41) is 12.0. The second kappa shape index (κ2) is 11.9. The Morgan fingerprint density at radius 1 is 1.36 bits per heavy atom. The molecule has 11 nitrogen and oxygen atoms in total. The lowest BCUT2D eigenvalue weighted by molar-refractivity contribution is -0.142. The predicted octanol–water partition coefficient (Wildman–Crippen LogP) is 2.24. The van der Waals surface area contributed by atoms with E-state index in [9.17, 15) is 36.3 Å². The number of ether oxygens (including phenoxy) is 1. The first-order valence-electron chi connectivity index (χ1n) is 12.2. The van der Waals surface area contributed by atoms with Crippen molar-refractivity contribution in [3.05, 3.63) is 36.3 Å². The zero-order chi connectivity index (χ0) is 29.1. The van der Waals surface area contributed by atoms with Crippen molar-refractivity contribution in [2.45, 2.75) is 50.0 Å². The van der Waals surface area contributed by atoms with Gasteiger partial charge in [0.05, 0.1) is 37.5 Å². The van der Waals surface area contributed by atoms with Crippen molar-refractivity contribution in [1.29, 1.82) is 0 Å². The number of amides is 2. The minimum Gasteiger partial charge on any atom is -0.488 e. The Morgan fingerprint density at radius 2 is 2.05 bits per heavy atom. The zero-order valence-electron chi connectivity index (χ0n) is 22.0. The molecule has 0 bridgehead atoms. The number of aromatic nitrogens is 2. The van der Waals surface area contributed by atoms with Crippen molar-refractivity contribution >= 4 is 27.5 Å². The fourth-order valence-electron chi connectivity index (χ4n) is 4.03. The number of sulfonamides is 1. The van der Waals surface area contributed by atoms with Crippen LogP contribution in [0.15, 0.2) is 35.7 Å². The van der Waals surface area contributed by atoms with Gasteiger partial charge in [-0.25, -0.2) is 13.4 Å². The van der Waals surface area contributed by atoms with E-state index < -0.39 is 53.0 Å². The van der Waals surface area contributed by atoms with Crippen molar-refractivity contribution in [2.75, 3.05) is 32.1 Å². The van der Waals surface area contributed by atoms with E-state index >= 15 is 0 Å². The Morgan fingerprint density at radius 3 is 2.64 bits per heavy atom. The van der Waals surface area contributed by atoms with Crippen LogP contribution in [0.3, 0.4) is 0 Å². The fraction of sp³-hybridized carbons (Fsp3) is 0.542. The maximum atomic E-state index is 13.5. The first-order chi connectivity index (χ1) is 18.1. The molecule has 15 heteroatoms. The van der Waals surface area contributed by atoms with Crippen molar-refractivity contribution < 1.29 is 41.0 Å². The van der Waals surface area contributed by atoms with Gasteiger partial charge in [-0.3, -0.25) is 9.59 Å². The molecule has 3 atom stereocenters. The van der Waals surface area contributed by atoms with Gasteiger partial charge in [-0.2, -0.15) is 17.5 Å². The summed E-state index contributed by atoms with van der Waals surface area (Å²) in [6, 6.07) is 3.47. The summed E-state index contributed by atoms with van der Waals surface area (Å²) in [7, 11) is -0.917. The first kappa shape index (κ1) is 30.4. The van der Waals surface area contributed by atoms with Gasteiger partial charge in [-0.1, -0.05) is 6.92 Å². The van der Waals surface area contributed by atoms with Gasteiger partial charge in [-0.05, 0) is 25.1 Å². The molecule has 1 aliphatic heterocycles. The van der Waals surface area contributed by atoms with Crippen LogP contribution in [0.4, 0.5) is 18.9 Å². The number of rotatable bonds is 9. The average molecular weight is 576 g/mol. The molecular weight excluding hydrogens is 543 g/mol. The summed E-state index contributed by atoms with van der Waals surface area (Å²) < 4.78 is 72.3. The van der Waals surface area contributed by atoms with Crippen LogP contribution in [0.1, 0.15) is 37.0 Å². The lowest BCUT2D eigenvalue weighted by atomic mass is 9.99. The molecule has 2 amide bonds. The smallest absolute Gasteiger partial charge is 0.389 e. The highest BCUT2D eigenvalue weighted by molar-refractivity contribution is 7.89. The molecule has 216 valence electrons. The van der Waals surface area contributed by atoms with Gasteiger partial charge in [0, 0.05) is 44.9 Å². The molecule has 2 aromatic rings. The SMILES string of the molecule is C[C@@H]1CN([C@H](C)CO)C(=O)c2cc(NC(=O)CCC(F)(F)F)ccc2O[C@H]1CN(C)S(=O)(=O)c1cn(C)cn1. The van der Waals surface area contributed by atoms with Gasteiger partial charge < -0.3 is 24.6 Å². The summed E-state index contributed by atoms with van der Waals surface area (Å²) in [6.45, 7) is 3.11. The van der Waals surface area contributed by atoms with Crippen LogP contribution >= 0.6 is 0 Å². The lowest BCUT2D eigenvalue weighted by Gasteiger charge is -2.38. The number of carbonyl (C=O) groups excluding carboxylic acids is 2. The summed E-state index contributed by atoms with van der Waals surface area (Å²) in [5.41, 5.74) is 0.102. The van der Waals surface area contributed by atoms with E-state index in [1.54, 1.807) is 20.9 Å². The van der Waals surface area contributed by atoms with E-state index in [-0.39, 0.29) is 47.6 Å². The number of alkyl halides is 3. The summed E-state index contributed by atoms with van der Waals surface area (Å²) in [5.74, 6) is -1.67. The van der Waals surface area contributed by atoms with Gasteiger partial charge >= 0.3 is 6.18 Å². The van der Waals surface area contributed by atoms with Crippen LogP contribution in [0.5, 0.6) is 5.75 Å². The topological polar surface area (TPSA) is 134 Å². The van der Waals surface area contributed by atoms with Crippen LogP contribution in [-0.4, -0.2) is 89.2 Å². The third-order valence-corrected chi connectivity index (χ3v) is 8.09. The van der Waals surface area contributed by atoms with Gasteiger partial charge in [-0.15, -0.1) is 0 Å². The van der Waals surface area contributed by atoms with Gasteiger partial charge in [0.2, 0.25) is 5.91 Å². The molecular formula is C24H32F3N5O6S. The number of likely N-dealkylation sites (N-methyl/N-ethyl adjacent to an activating group) is 1. The van der Waals surface area contributed by atoms with Crippen LogP contribution in [0, 0.1) is 5.92 Å². The van der Waals surface area contributed by atoms with Crippen molar-refractivity contribution in [3.8, 4) is 5.75 Å². The second-order valence-electron chi connectivity index (χ2n) is 9.66. The van der Waals surface area contributed by atoms with E-state index in [0.717, 1.165) is 4.31 Å². The maximum Gasteiger partial charge on any atom is 0.389 e. The molecule has 39 heavy (non-hydrogen) atoms. The molecule has 2 heterocycles. The number of anilines is 1. The minimum atomic E-state index is -4.49. The first-order valence-corrected chi connectivity index (χ1v) is 13.6. The number of halogens is 3.